The molecule has 0 saturated carbocycles. The van der Waals surface area contributed by atoms with Gasteiger partial charge in [0.05, 0.1) is 6.26 Å². The number of benzene rings is 1. The summed E-state index contributed by atoms with van der Waals surface area (Å²) in [6.45, 7) is 3.46. The number of urea groups is 1. The maximum atomic E-state index is 12.3. The molecule has 1 N–H and O–H groups in total. The van der Waals surface area contributed by atoms with Crippen LogP contribution in [-0.4, -0.2) is 23.5 Å². The fourth-order valence-corrected chi connectivity index (χ4v) is 2.75. The number of rotatable bonds is 3. The zero-order valence-electron chi connectivity index (χ0n) is 12.2. The van der Waals surface area contributed by atoms with Crippen LogP contribution in [0.15, 0.2) is 47.1 Å². The third-order valence-corrected chi connectivity index (χ3v) is 3.88. The molecule has 0 spiro atoms. The summed E-state index contributed by atoms with van der Waals surface area (Å²) in [4.78, 5) is 14.2. The topological polar surface area (TPSA) is 45.5 Å². The molecule has 1 aliphatic rings. The molecule has 0 fully saturated rings. The third-order valence-electron chi connectivity index (χ3n) is 3.88. The van der Waals surface area contributed by atoms with Gasteiger partial charge in [0.1, 0.15) is 5.76 Å². The maximum absolute atomic E-state index is 12.3. The van der Waals surface area contributed by atoms with Crippen LogP contribution in [0.25, 0.3) is 0 Å². The Morgan fingerprint density at radius 2 is 2.10 bits per heavy atom. The summed E-state index contributed by atoms with van der Waals surface area (Å²) in [5.74, 6) is 0.895. The summed E-state index contributed by atoms with van der Waals surface area (Å²) >= 11 is 0. The Balaban J connectivity index is 1.56. The molecule has 2 heterocycles. The highest BCUT2D eigenvalue weighted by Gasteiger charge is 2.21. The summed E-state index contributed by atoms with van der Waals surface area (Å²) in [5.41, 5.74) is 2.60. The molecule has 0 saturated heterocycles. The third kappa shape index (κ3) is 3.27. The molecule has 0 aliphatic carbocycles. The molecule has 2 amide bonds. The highest BCUT2D eigenvalue weighted by molar-refractivity contribution is 5.74. The predicted molar refractivity (Wildman–Crippen MR) is 81.0 cm³/mol. The van der Waals surface area contributed by atoms with Crippen LogP contribution in [0.4, 0.5) is 4.79 Å². The summed E-state index contributed by atoms with van der Waals surface area (Å²) in [5, 5.41) is 3.05. The number of hydrogen-bond acceptors (Lipinski definition) is 2. The molecule has 110 valence electrons. The van der Waals surface area contributed by atoms with Crippen LogP contribution in [0.5, 0.6) is 0 Å². The molecule has 4 heteroatoms. The van der Waals surface area contributed by atoms with Crippen molar-refractivity contribution < 1.29 is 9.21 Å². The molecular weight excluding hydrogens is 264 g/mol. The number of carbonyl (C=O) groups excluding carboxylic acids is 1. The summed E-state index contributed by atoms with van der Waals surface area (Å²) < 4.78 is 5.31. The Labute approximate surface area is 124 Å². The van der Waals surface area contributed by atoms with Gasteiger partial charge in [-0.3, -0.25) is 0 Å². The molecule has 1 unspecified atom stereocenters. The molecule has 4 nitrogen and oxygen atoms in total. The Morgan fingerprint density at radius 1 is 1.29 bits per heavy atom. The first-order chi connectivity index (χ1) is 10.2. The van der Waals surface area contributed by atoms with Gasteiger partial charge in [0.2, 0.25) is 0 Å². The van der Waals surface area contributed by atoms with E-state index in [2.05, 4.69) is 23.5 Å². The minimum atomic E-state index is 0.00330. The van der Waals surface area contributed by atoms with Gasteiger partial charge in [-0.05, 0) is 36.6 Å². The highest BCUT2D eigenvalue weighted by Crippen LogP contribution is 2.18. The Morgan fingerprint density at radius 3 is 2.86 bits per heavy atom. The molecule has 0 radical (unpaired) electrons. The lowest BCUT2D eigenvalue weighted by atomic mass is 10.0. The molecule has 1 aromatic carbocycles. The van der Waals surface area contributed by atoms with E-state index in [-0.39, 0.29) is 12.1 Å². The second-order valence-electron chi connectivity index (χ2n) is 5.57. The van der Waals surface area contributed by atoms with Crippen LogP contribution in [0.1, 0.15) is 23.8 Å². The van der Waals surface area contributed by atoms with E-state index in [1.165, 1.54) is 11.1 Å². The van der Waals surface area contributed by atoms with Gasteiger partial charge >= 0.3 is 6.03 Å². The van der Waals surface area contributed by atoms with Gasteiger partial charge in [0, 0.05) is 25.6 Å². The van der Waals surface area contributed by atoms with Crippen molar-refractivity contribution >= 4 is 6.03 Å². The number of nitrogens with zero attached hydrogens (tertiary/aromatic N) is 1. The van der Waals surface area contributed by atoms with Crippen molar-refractivity contribution in [1.29, 1.82) is 0 Å². The molecule has 21 heavy (non-hydrogen) atoms. The Bertz CT molecular complexity index is 607. The molecule has 1 atom stereocenters. The predicted octanol–water partition coefficient (Wildman–Crippen LogP) is 2.98. The van der Waals surface area contributed by atoms with E-state index < -0.39 is 0 Å². The zero-order valence-corrected chi connectivity index (χ0v) is 12.2. The number of fused-ring (bicyclic) bond motifs is 1. The fraction of sp³-hybridized carbons (Fsp3) is 0.353. The number of hydrogen-bond donors (Lipinski definition) is 1. The van der Waals surface area contributed by atoms with E-state index in [1.54, 1.807) is 6.26 Å². The Hall–Kier alpha value is -2.23. The van der Waals surface area contributed by atoms with Crippen LogP contribution in [0.2, 0.25) is 0 Å². The molecule has 1 aliphatic heterocycles. The summed E-state index contributed by atoms with van der Waals surface area (Å²) in [7, 11) is 0. The quantitative estimate of drug-likeness (QED) is 0.941. The largest absolute Gasteiger partial charge is 0.469 e. The summed E-state index contributed by atoms with van der Waals surface area (Å²) in [6, 6.07) is 12.2. The lowest BCUT2D eigenvalue weighted by Crippen LogP contribution is -2.46. The first-order valence-corrected chi connectivity index (χ1v) is 7.37. The van der Waals surface area contributed by atoms with Gasteiger partial charge in [0.25, 0.3) is 0 Å². The standard InChI is InChI=1S/C17H20N2O2/c1-13(11-16-7-4-10-21-16)18-17(20)19-9-8-14-5-2-3-6-15(14)12-19/h2-7,10,13H,8-9,11-12H2,1H3,(H,18,20). The van der Waals surface area contributed by atoms with Crippen molar-refractivity contribution in [3.8, 4) is 0 Å². The lowest BCUT2D eigenvalue weighted by Gasteiger charge is -2.30. The van der Waals surface area contributed by atoms with Gasteiger partial charge in [-0.1, -0.05) is 24.3 Å². The van der Waals surface area contributed by atoms with E-state index in [0.29, 0.717) is 13.0 Å². The van der Waals surface area contributed by atoms with Crippen LogP contribution >= 0.6 is 0 Å². The van der Waals surface area contributed by atoms with Crippen LogP contribution in [0, 0.1) is 0 Å². The molecule has 1 aromatic heterocycles. The normalized spacial score (nSPS) is 15.4. The van der Waals surface area contributed by atoms with Crippen molar-refractivity contribution in [2.24, 2.45) is 0 Å². The average Bonchev–Trinajstić information content (AvgIpc) is 2.99. The first kappa shape index (κ1) is 13.7. The van der Waals surface area contributed by atoms with Crippen molar-refractivity contribution in [2.45, 2.75) is 32.4 Å². The SMILES string of the molecule is CC(Cc1ccco1)NC(=O)N1CCc2ccccc2C1. The number of carbonyl (C=O) groups is 1. The van der Waals surface area contributed by atoms with E-state index in [1.807, 2.05) is 30.0 Å². The van der Waals surface area contributed by atoms with E-state index >= 15 is 0 Å². The van der Waals surface area contributed by atoms with Crippen molar-refractivity contribution in [3.63, 3.8) is 0 Å². The molecule has 0 bridgehead atoms. The lowest BCUT2D eigenvalue weighted by molar-refractivity contribution is 0.188. The number of nitrogens with one attached hydrogen (secondary N) is 1. The van der Waals surface area contributed by atoms with Crippen LogP contribution in [-0.2, 0) is 19.4 Å². The fourth-order valence-electron chi connectivity index (χ4n) is 2.75. The van der Waals surface area contributed by atoms with Gasteiger partial charge in [-0.2, -0.15) is 0 Å². The zero-order chi connectivity index (χ0) is 14.7. The minimum Gasteiger partial charge on any atom is -0.469 e. The van der Waals surface area contributed by atoms with Crippen molar-refractivity contribution in [2.75, 3.05) is 6.54 Å². The second-order valence-corrected chi connectivity index (χ2v) is 5.57. The van der Waals surface area contributed by atoms with Crippen LogP contribution in [0.3, 0.4) is 0 Å². The monoisotopic (exact) mass is 284 g/mol. The smallest absolute Gasteiger partial charge is 0.317 e. The van der Waals surface area contributed by atoms with E-state index in [4.69, 9.17) is 4.42 Å². The first-order valence-electron chi connectivity index (χ1n) is 7.37. The summed E-state index contributed by atoms with van der Waals surface area (Å²) in [6.07, 6.45) is 3.30. The van der Waals surface area contributed by atoms with Gasteiger partial charge < -0.3 is 14.6 Å². The number of amides is 2. The van der Waals surface area contributed by atoms with Gasteiger partial charge in [0.15, 0.2) is 0 Å². The minimum absolute atomic E-state index is 0.00330. The maximum Gasteiger partial charge on any atom is 0.317 e. The number of furan rings is 1. The van der Waals surface area contributed by atoms with Crippen molar-refractivity contribution in [1.82, 2.24) is 10.2 Å². The molecular formula is C17H20N2O2. The average molecular weight is 284 g/mol. The van der Waals surface area contributed by atoms with Crippen molar-refractivity contribution in [3.05, 3.63) is 59.5 Å². The van der Waals surface area contributed by atoms with E-state index in [9.17, 15) is 4.79 Å². The van der Waals surface area contributed by atoms with E-state index in [0.717, 1.165) is 18.7 Å². The second kappa shape index (κ2) is 6.04. The van der Waals surface area contributed by atoms with Gasteiger partial charge in [-0.25, -0.2) is 4.79 Å². The van der Waals surface area contributed by atoms with Crippen LogP contribution < -0.4 is 5.32 Å². The molecule has 2 aromatic rings. The van der Waals surface area contributed by atoms with Gasteiger partial charge in [-0.15, -0.1) is 0 Å². The molecule has 3 rings (SSSR count). The highest BCUT2D eigenvalue weighted by atomic mass is 16.3. The Kier molecular flexibility index (Phi) is 3.95.